The third-order valence-electron chi connectivity index (χ3n) is 4.45. The van der Waals surface area contributed by atoms with Gasteiger partial charge in [-0.2, -0.15) is 5.10 Å². The monoisotopic (exact) mass is 326 g/mol. The number of aromatic nitrogens is 2. The van der Waals surface area contributed by atoms with Crippen molar-refractivity contribution in [3.8, 4) is 0 Å². The highest BCUT2D eigenvalue weighted by molar-refractivity contribution is 5.99. The van der Waals surface area contributed by atoms with Crippen LogP contribution in [0, 0.1) is 0 Å². The Morgan fingerprint density at radius 1 is 1.33 bits per heavy atom. The molecule has 2 N–H and O–H groups in total. The zero-order valence-electron chi connectivity index (χ0n) is 13.1. The molecule has 1 saturated heterocycles. The van der Waals surface area contributed by atoms with Gasteiger partial charge in [0.1, 0.15) is 0 Å². The third kappa shape index (κ3) is 2.78. The van der Waals surface area contributed by atoms with Crippen LogP contribution in [0.5, 0.6) is 0 Å². The normalized spacial score (nSPS) is 22.8. The second-order valence-corrected chi connectivity index (χ2v) is 6.07. The van der Waals surface area contributed by atoms with E-state index in [-0.39, 0.29) is 5.91 Å². The molecule has 2 unspecified atom stereocenters. The van der Waals surface area contributed by atoms with Gasteiger partial charge in [0.25, 0.3) is 5.91 Å². The van der Waals surface area contributed by atoms with Crippen LogP contribution >= 0.6 is 0 Å². The number of esters is 1. The number of benzene rings is 1. The number of cyclic esters (lactones) is 1. The fraction of sp³-hybridized carbons (Fsp3) is 0.353. The van der Waals surface area contributed by atoms with E-state index < -0.39 is 12.1 Å². The van der Waals surface area contributed by atoms with Gasteiger partial charge in [-0.1, -0.05) is 18.2 Å². The van der Waals surface area contributed by atoms with Gasteiger partial charge < -0.3 is 15.4 Å². The molecule has 1 aromatic heterocycles. The average molecular weight is 326 g/mol. The maximum absolute atomic E-state index is 12.4. The Morgan fingerprint density at radius 3 is 3.04 bits per heavy atom. The van der Waals surface area contributed by atoms with E-state index in [0.29, 0.717) is 23.8 Å². The summed E-state index contributed by atoms with van der Waals surface area (Å²) in [7, 11) is 0. The number of carbonyl (C=O) groups excluding carboxylic acids is 2. The highest BCUT2D eigenvalue weighted by Gasteiger charge is 2.31. The lowest BCUT2D eigenvalue weighted by molar-refractivity contribution is -0.125. The first-order chi connectivity index (χ1) is 11.7. The number of carbonyl (C=O) groups is 2. The molecule has 0 radical (unpaired) electrons. The van der Waals surface area contributed by atoms with Crippen molar-refractivity contribution in [3.63, 3.8) is 0 Å². The molecular formula is C17H18N4O3. The summed E-state index contributed by atoms with van der Waals surface area (Å²) in [6, 6.07) is 9.26. The predicted octanol–water partition coefficient (Wildman–Crippen LogP) is 1.14. The lowest BCUT2D eigenvalue weighted by Crippen LogP contribution is -2.38. The standard InChI is InChI=1S/C17H18N4O3/c22-16(14-9-11-3-1-2-4-13(11)17(23)24-14)19-15-6-8-21(20-15)12-5-7-18-10-12/h1-4,6,8,12,14,18H,5,7,9-10H2,(H,19,20,22). The third-order valence-corrected chi connectivity index (χ3v) is 4.45. The molecule has 2 aliphatic rings. The Morgan fingerprint density at radius 2 is 2.21 bits per heavy atom. The molecule has 0 aliphatic carbocycles. The Balaban J connectivity index is 1.44. The predicted molar refractivity (Wildman–Crippen MR) is 86.7 cm³/mol. The summed E-state index contributed by atoms with van der Waals surface area (Å²) in [5.41, 5.74) is 1.36. The smallest absolute Gasteiger partial charge is 0.339 e. The van der Waals surface area contributed by atoms with E-state index in [1.807, 2.05) is 23.0 Å². The van der Waals surface area contributed by atoms with Crippen molar-refractivity contribution < 1.29 is 14.3 Å². The van der Waals surface area contributed by atoms with E-state index in [0.717, 1.165) is 25.1 Å². The fourth-order valence-corrected chi connectivity index (χ4v) is 3.16. The van der Waals surface area contributed by atoms with Crippen molar-refractivity contribution in [3.05, 3.63) is 47.7 Å². The summed E-state index contributed by atoms with van der Waals surface area (Å²) >= 11 is 0. The molecule has 0 saturated carbocycles. The van der Waals surface area contributed by atoms with E-state index in [4.69, 9.17) is 4.74 Å². The van der Waals surface area contributed by atoms with Gasteiger partial charge in [0.2, 0.25) is 0 Å². The average Bonchev–Trinajstić information content (AvgIpc) is 3.26. The van der Waals surface area contributed by atoms with Gasteiger partial charge in [-0.3, -0.25) is 9.48 Å². The summed E-state index contributed by atoms with van der Waals surface area (Å²) in [4.78, 5) is 24.4. The molecule has 1 amide bonds. The maximum atomic E-state index is 12.4. The summed E-state index contributed by atoms with van der Waals surface area (Å²) in [5, 5.41) is 10.4. The molecule has 4 rings (SSSR count). The Bertz CT molecular complexity index is 780. The topological polar surface area (TPSA) is 85.2 Å². The van der Waals surface area contributed by atoms with Crippen LogP contribution in [-0.2, 0) is 16.0 Å². The molecule has 2 aliphatic heterocycles. The minimum absolute atomic E-state index is 0.315. The van der Waals surface area contributed by atoms with Crippen molar-refractivity contribution in [2.24, 2.45) is 0 Å². The highest BCUT2D eigenvalue weighted by Crippen LogP contribution is 2.22. The van der Waals surface area contributed by atoms with E-state index in [1.54, 1.807) is 18.2 Å². The number of hydrogen-bond donors (Lipinski definition) is 2. The van der Waals surface area contributed by atoms with Crippen LogP contribution in [0.2, 0.25) is 0 Å². The van der Waals surface area contributed by atoms with Gasteiger partial charge >= 0.3 is 5.97 Å². The molecule has 124 valence electrons. The molecule has 1 aromatic carbocycles. The second kappa shape index (κ2) is 6.09. The van der Waals surface area contributed by atoms with Crippen LogP contribution in [0.15, 0.2) is 36.5 Å². The second-order valence-electron chi connectivity index (χ2n) is 6.07. The summed E-state index contributed by atoms with van der Waals surface area (Å²) in [6.07, 6.45) is 2.42. The minimum atomic E-state index is -0.828. The number of ether oxygens (including phenoxy) is 1. The van der Waals surface area contributed by atoms with Crippen LogP contribution in [0.3, 0.4) is 0 Å². The number of amides is 1. The molecular weight excluding hydrogens is 308 g/mol. The van der Waals surface area contributed by atoms with Crippen molar-refractivity contribution in [1.82, 2.24) is 15.1 Å². The quantitative estimate of drug-likeness (QED) is 0.826. The highest BCUT2D eigenvalue weighted by atomic mass is 16.5. The number of rotatable bonds is 3. The summed E-state index contributed by atoms with van der Waals surface area (Å²) in [6.45, 7) is 1.86. The van der Waals surface area contributed by atoms with Gasteiger partial charge in [-0.25, -0.2) is 4.79 Å². The van der Waals surface area contributed by atoms with Crippen molar-refractivity contribution in [2.45, 2.75) is 25.0 Å². The van der Waals surface area contributed by atoms with Gasteiger partial charge in [0.15, 0.2) is 11.9 Å². The first kappa shape index (κ1) is 14.9. The molecule has 1 fully saturated rings. The fourth-order valence-electron chi connectivity index (χ4n) is 3.16. The first-order valence-corrected chi connectivity index (χ1v) is 8.06. The van der Waals surface area contributed by atoms with E-state index >= 15 is 0 Å². The maximum Gasteiger partial charge on any atom is 0.339 e. The SMILES string of the molecule is O=C1OC(C(=O)Nc2ccn(C3CCNC3)n2)Cc2ccccc21. The number of anilines is 1. The molecule has 7 nitrogen and oxygen atoms in total. The Labute approximate surface area is 139 Å². The number of fused-ring (bicyclic) bond motifs is 1. The minimum Gasteiger partial charge on any atom is -0.448 e. The lowest BCUT2D eigenvalue weighted by atomic mass is 9.98. The molecule has 0 bridgehead atoms. The van der Waals surface area contributed by atoms with Gasteiger partial charge in [-0.05, 0) is 24.6 Å². The van der Waals surface area contributed by atoms with E-state index in [1.165, 1.54) is 0 Å². The molecule has 2 aromatic rings. The largest absolute Gasteiger partial charge is 0.448 e. The van der Waals surface area contributed by atoms with Crippen molar-refractivity contribution in [2.75, 3.05) is 18.4 Å². The van der Waals surface area contributed by atoms with Crippen LogP contribution in [0.1, 0.15) is 28.4 Å². The van der Waals surface area contributed by atoms with E-state index in [2.05, 4.69) is 15.7 Å². The molecule has 0 spiro atoms. The van der Waals surface area contributed by atoms with E-state index in [9.17, 15) is 9.59 Å². The number of nitrogens with zero attached hydrogens (tertiary/aromatic N) is 2. The van der Waals surface area contributed by atoms with Gasteiger partial charge in [0.05, 0.1) is 11.6 Å². The van der Waals surface area contributed by atoms with Crippen molar-refractivity contribution >= 4 is 17.7 Å². The molecule has 7 heteroatoms. The Hall–Kier alpha value is -2.67. The molecule has 3 heterocycles. The summed E-state index contributed by atoms with van der Waals surface area (Å²) in [5.74, 6) is -0.339. The lowest BCUT2D eigenvalue weighted by Gasteiger charge is -2.23. The van der Waals surface area contributed by atoms with Crippen molar-refractivity contribution in [1.29, 1.82) is 0 Å². The van der Waals surface area contributed by atoms with Crippen LogP contribution in [0.25, 0.3) is 0 Å². The summed E-state index contributed by atoms with van der Waals surface area (Å²) < 4.78 is 7.12. The molecule has 24 heavy (non-hydrogen) atoms. The molecule has 2 atom stereocenters. The first-order valence-electron chi connectivity index (χ1n) is 8.06. The van der Waals surface area contributed by atoms with Crippen LogP contribution in [0.4, 0.5) is 5.82 Å². The van der Waals surface area contributed by atoms with Gasteiger partial charge in [-0.15, -0.1) is 0 Å². The Kier molecular flexibility index (Phi) is 3.78. The van der Waals surface area contributed by atoms with Crippen LogP contribution < -0.4 is 10.6 Å². The zero-order chi connectivity index (χ0) is 16.5. The zero-order valence-corrected chi connectivity index (χ0v) is 13.1. The van der Waals surface area contributed by atoms with Crippen LogP contribution in [-0.4, -0.2) is 40.9 Å². The van der Waals surface area contributed by atoms with Gasteiger partial charge in [0, 0.05) is 25.2 Å². The number of nitrogens with one attached hydrogen (secondary N) is 2. The number of hydrogen-bond acceptors (Lipinski definition) is 5.